The van der Waals surface area contributed by atoms with Gasteiger partial charge in [0, 0.05) is 23.8 Å². The van der Waals surface area contributed by atoms with Crippen LogP contribution >= 0.6 is 0 Å². The number of hydrogen-bond donors (Lipinski definition) is 0. The summed E-state index contributed by atoms with van der Waals surface area (Å²) in [7, 11) is 2.25. The molecule has 1 atom stereocenters. The topological polar surface area (TPSA) is 3.24 Å². The molecule has 6 rings (SSSR count). The van der Waals surface area contributed by atoms with E-state index in [2.05, 4.69) is 139 Å². The largest absolute Gasteiger partial charge is 0.345 e. The molecule has 0 fully saturated rings. The van der Waals surface area contributed by atoms with E-state index in [0.29, 0.717) is 0 Å². The lowest BCUT2D eigenvalue weighted by Gasteiger charge is -2.40. The lowest BCUT2D eigenvalue weighted by Crippen LogP contribution is -2.34. The van der Waals surface area contributed by atoms with Gasteiger partial charge in [-0.2, -0.15) is 0 Å². The molecule has 0 bridgehead atoms. The summed E-state index contributed by atoms with van der Waals surface area (Å²) in [5.41, 5.74) is 16.1. The Hall–Kier alpha value is -3.32. The molecule has 47 heavy (non-hydrogen) atoms. The average Bonchev–Trinajstić information content (AvgIpc) is 3.31. The van der Waals surface area contributed by atoms with Crippen molar-refractivity contribution in [3.05, 3.63) is 107 Å². The summed E-state index contributed by atoms with van der Waals surface area (Å²) in [5.74, 6) is 0. The summed E-state index contributed by atoms with van der Waals surface area (Å²) in [6, 6.07) is 31.1. The van der Waals surface area contributed by atoms with Gasteiger partial charge in [-0.05, 0) is 111 Å². The molecule has 4 aromatic carbocycles. The van der Waals surface area contributed by atoms with Crippen molar-refractivity contribution in [2.75, 3.05) is 11.9 Å². The lowest BCUT2D eigenvalue weighted by atomic mass is 9.64. The lowest BCUT2D eigenvalue weighted by molar-refractivity contribution is 0.225. The normalized spacial score (nSPS) is 16.8. The van der Waals surface area contributed by atoms with Gasteiger partial charge in [-0.1, -0.05) is 148 Å². The van der Waals surface area contributed by atoms with Crippen molar-refractivity contribution in [1.82, 2.24) is 0 Å². The number of aryl methyl sites for hydroxylation is 2. The van der Waals surface area contributed by atoms with Gasteiger partial charge in [-0.25, -0.2) is 0 Å². The second-order valence-electron chi connectivity index (χ2n) is 16.3. The fraction of sp³-hybridized carbons (Fsp3) is 0.478. The molecule has 0 radical (unpaired) electrons. The van der Waals surface area contributed by atoms with Gasteiger partial charge in [0.05, 0.1) is 0 Å². The van der Waals surface area contributed by atoms with E-state index in [0.717, 1.165) is 0 Å². The molecule has 2 aliphatic rings. The van der Waals surface area contributed by atoms with E-state index in [9.17, 15) is 0 Å². The predicted octanol–water partition coefficient (Wildman–Crippen LogP) is 13.4. The first-order valence-corrected chi connectivity index (χ1v) is 18.8. The number of nitrogens with zero attached hydrogens (tertiary/aromatic N) is 1. The second-order valence-corrected chi connectivity index (χ2v) is 16.3. The van der Waals surface area contributed by atoms with Crippen molar-refractivity contribution in [2.45, 2.75) is 130 Å². The maximum atomic E-state index is 2.65. The van der Waals surface area contributed by atoms with E-state index in [4.69, 9.17) is 0 Å². The van der Waals surface area contributed by atoms with Gasteiger partial charge >= 0.3 is 0 Å². The molecule has 2 aliphatic carbocycles. The Kier molecular flexibility index (Phi) is 9.50. The smallest absolute Gasteiger partial charge is 0.0414 e. The summed E-state index contributed by atoms with van der Waals surface area (Å²) in [6.45, 7) is 16.8. The SMILES string of the molecule is CCCCCCC1(CCCCC)c2cc(N(C)c3cccc(-c4ccc5c(c4)CC5)c3)ccc2-c2ccc(C(C)(C)C(C)(C)C)cc21. The van der Waals surface area contributed by atoms with E-state index < -0.39 is 0 Å². The Morgan fingerprint density at radius 1 is 0.596 bits per heavy atom. The van der Waals surface area contributed by atoms with Crippen LogP contribution < -0.4 is 4.90 Å². The van der Waals surface area contributed by atoms with Crippen LogP contribution in [0.15, 0.2) is 78.9 Å². The number of fused-ring (bicyclic) bond motifs is 4. The molecular formula is C46H59N. The van der Waals surface area contributed by atoms with Crippen LogP contribution in [0.3, 0.4) is 0 Å². The highest BCUT2D eigenvalue weighted by molar-refractivity contribution is 5.84. The van der Waals surface area contributed by atoms with E-state index >= 15 is 0 Å². The van der Waals surface area contributed by atoms with E-state index in [1.54, 1.807) is 11.1 Å². The first-order chi connectivity index (χ1) is 22.5. The highest BCUT2D eigenvalue weighted by Gasteiger charge is 2.44. The monoisotopic (exact) mass is 625 g/mol. The zero-order chi connectivity index (χ0) is 33.4. The van der Waals surface area contributed by atoms with Crippen LogP contribution in [0.4, 0.5) is 11.4 Å². The standard InChI is InChI=1S/C46H59N/c1-9-11-13-15-28-46(27-14-12-10-2)42-31-37(45(6,7)44(3,4)5)23-25-40(42)41-26-24-39(32-43(41)46)47(8)38-18-16-17-34(30-38)36-22-20-33-19-21-35(33)29-36/h16-18,20,22-26,29-32H,9-15,19,21,27-28H2,1-8H3. The van der Waals surface area contributed by atoms with E-state index in [-0.39, 0.29) is 16.2 Å². The van der Waals surface area contributed by atoms with Gasteiger partial charge < -0.3 is 4.90 Å². The molecule has 0 saturated heterocycles. The molecule has 0 amide bonds. The molecule has 0 N–H and O–H groups in total. The van der Waals surface area contributed by atoms with Crippen LogP contribution in [0.5, 0.6) is 0 Å². The highest BCUT2D eigenvalue weighted by atomic mass is 15.1. The first-order valence-electron chi connectivity index (χ1n) is 18.8. The molecule has 0 heterocycles. The molecule has 0 spiro atoms. The number of unbranched alkanes of at least 4 members (excludes halogenated alkanes) is 5. The Balaban J connectivity index is 1.43. The van der Waals surface area contributed by atoms with Gasteiger partial charge in [0.2, 0.25) is 0 Å². The Morgan fingerprint density at radius 2 is 1.21 bits per heavy atom. The zero-order valence-electron chi connectivity index (χ0n) is 30.7. The number of rotatable bonds is 13. The number of anilines is 2. The Bertz CT molecular complexity index is 1720. The molecule has 0 aromatic heterocycles. The summed E-state index contributed by atoms with van der Waals surface area (Å²) in [5, 5.41) is 0. The van der Waals surface area contributed by atoms with Crippen LogP contribution in [0.25, 0.3) is 22.3 Å². The van der Waals surface area contributed by atoms with Crippen LogP contribution in [0.2, 0.25) is 0 Å². The summed E-state index contributed by atoms with van der Waals surface area (Å²) in [6.07, 6.45) is 13.9. The van der Waals surface area contributed by atoms with Gasteiger partial charge in [0.1, 0.15) is 0 Å². The minimum absolute atomic E-state index is 0.0577. The zero-order valence-corrected chi connectivity index (χ0v) is 30.7. The van der Waals surface area contributed by atoms with Crippen LogP contribution in [0, 0.1) is 5.41 Å². The van der Waals surface area contributed by atoms with E-state index in [1.807, 2.05) is 0 Å². The molecule has 1 unspecified atom stereocenters. The molecule has 0 saturated carbocycles. The predicted molar refractivity (Wildman–Crippen MR) is 205 cm³/mol. The molecule has 1 heteroatoms. The summed E-state index contributed by atoms with van der Waals surface area (Å²) in [4.78, 5) is 2.41. The summed E-state index contributed by atoms with van der Waals surface area (Å²) < 4.78 is 0. The third-order valence-corrected chi connectivity index (χ3v) is 12.4. The average molecular weight is 626 g/mol. The fourth-order valence-corrected chi connectivity index (χ4v) is 8.13. The van der Waals surface area contributed by atoms with Crippen molar-refractivity contribution in [3.8, 4) is 22.3 Å². The third-order valence-electron chi connectivity index (χ3n) is 12.4. The van der Waals surface area contributed by atoms with Crippen molar-refractivity contribution in [3.63, 3.8) is 0 Å². The molecule has 4 aromatic rings. The summed E-state index contributed by atoms with van der Waals surface area (Å²) >= 11 is 0. The maximum Gasteiger partial charge on any atom is 0.0414 e. The maximum absolute atomic E-state index is 2.65. The van der Waals surface area contributed by atoms with Crippen molar-refractivity contribution in [1.29, 1.82) is 0 Å². The second kappa shape index (κ2) is 13.3. The van der Waals surface area contributed by atoms with Gasteiger partial charge in [0.25, 0.3) is 0 Å². The van der Waals surface area contributed by atoms with Gasteiger partial charge in [-0.15, -0.1) is 0 Å². The molecular weight excluding hydrogens is 567 g/mol. The van der Waals surface area contributed by atoms with E-state index in [1.165, 1.54) is 121 Å². The highest BCUT2D eigenvalue weighted by Crippen LogP contribution is 2.56. The van der Waals surface area contributed by atoms with Crippen molar-refractivity contribution >= 4 is 11.4 Å². The van der Waals surface area contributed by atoms with Crippen LogP contribution in [-0.4, -0.2) is 7.05 Å². The van der Waals surface area contributed by atoms with Gasteiger partial charge in [0.15, 0.2) is 0 Å². The Morgan fingerprint density at radius 3 is 1.87 bits per heavy atom. The van der Waals surface area contributed by atoms with Crippen LogP contribution in [0.1, 0.15) is 134 Å². The molecule has 0 aliphatic heterocycles. The van der Waals surface area contributed by atoms with Crippen molar-refractivity contribution < 1.29 is 0 Å². The number of benzene rings is 4. The third kappa shape index (κ3) is 6.21. The van der Waals surface area contributed by atoms with Crippen LogP contribution in [-0.2, 0) is 23.7 Å². The molecule has 1 nitrogen and oxygen atoms in total. The fourth-order valence-electron chi connectivity index (χ4n) is 8.13. The van der Waals surface area contributed by atoms with Gasteiger partial charge in [-0.3, -0.25) is 0 Å². The minimum atomic E-state index is 0.0577. The quantitative estimate of drug-likeness (QED) is 0.134. The minimum Gasteiger partial charge on any atom is -0.345 e. The Labute approximate surface area is 286 Å². The van der Waals surface area contributed by atoms with Crippen molar-refractivity contribution in [2.24, 2.45) is 5.41 Å². The first kappa shape index (κ1) is 33.6. The molecule has 248 valence electrons. The number of hydrogen-bond acceptors (Lipinski definition) is 1.